The largest absolute Gasteiger partial charge is 0.465 e. The van der Waals surface area contributed by atoms with Gasteiger partial charge in [-0.3, -0.25) is 0 Å². The second-order valence-electron chi connectivity index (χ2n) is 9.82. The SMILES string of the molecule is C=C(C)C(=O)OC(C)(CCC(F)(F)F)c1ccc(OC2CCCC(COC(=O)c3c(F)c(F)c(F)c(F)c3F)O2)cc1. The van der Waals surface area contributed by atoms with E-state index in [2.05, 4.69) is 6.58 Å². The number of benzene rings is 2. The number of ether oxygens (including phenoxy) is 4. The predicted octanol–water partition coefficient (Wildman–Crippen LogP) is 7.19. The smallest absolute Gasteiger partial charge is 0.389 e. The summed E-state index contributed by atoms with van der Waals surface area (Å²) in [7, 11) is 0. The van der Waals surface area contributed by atoms with E-state index in [4.69, 9.17) is 18.9 Å². The Labute approximate surface area is 235 Å². The fourth-order valence-corrected chi connectivity index (χ4v) is 4.06. The van der Waals surface area contributed by atoms with Gasteiger partial charge < -0.3 is 18.9 Å². The molecule has 0 aromatic heterocycles. The monoisotopic (exact) mass is 610 g/mol. The summed E-state index contributed by atoms with van der Waals surface area (Å²) in [5.41, 5.74) is -3.09. The van der Waals surface area contributed by atoms with Gasteiger partial charge in [-0.2, -0.15) is 13.2 Å². The lowest BCUT2D eigenvalue weighted by Gasteiger charge is -2.32. The van der Waals surface area contributed by atoms with Crippen LogP contribution in [0.1, 0.15) is 61.9 Å². The molecule has 3 atom stereocenters. The fourth-order valence-electron chi connectivity index (χ4n) is 4.06. The standard InChI is InChI=1S/C28H26F8O6/c1-14(2)25(37)42-27(3,11-12-28(34,35)36)15-7-9-16(10-8-15)40-18-6-4-5-17(41-18)13-39-26(38)19-20(29)22(31)24(33)23(32)21(19)30/h7-10,17-18H,1,4-6,11-13H2,2-3H3. The average molecular weight is 610 g/mol. The van der Waals surface area contributed by atoms with Gasteiger partial charge in [0.25, 0.3) is 0 Å². The van der Waals surface area contributed by atoms with E-state index in [9.17, 15) is 44.7 Å². The quantitative estimate of drug-likeness (QED) is 0.0933. The molecule has 0 spiro atoms. The molecule has 0 amide bonds. The Morgan fingerprint density at radius 2 is 1.50 bits per heavy atom. The molecule has 0 N–H and O–H groups in total. The van der Waals surface area contributed by atoms with Crippen molar-refractivity contribution >= 4 is 11.9 Å². The number of halogens is 8. The maximum Gasteiger partial charge on any atom is 0.389 e. The summed E-state index contributed by atoms with van der Waals surface area (Å²) in [4.78, 5) is 24.2. The van der Waals surface area contributed by atoms with E-state index in [1.54, 1.807) is 0 Å². The number of carbonyl (C=O) groups excluding carboxylic acids is 2. The number of hydrogen-bond donors (Lipinski definition) is 0. The first kappa shape index (κ1) is 32.8. The fraction of sp³-hybridized carbons (Fsp3) is 0.429. The molecule has 230 valence electrons. The molecule has 6 nitrogen and oxygen atoms in total. The lowest BCUT2D eigenvalue weighted by atomic mass is 9.90. The lowest BCUT2D eigenvalue weighted by molar-refractivity contribution is -0.167. The van der Waals surface area contributed by atoms with Crippen molar-refractivity contribution in [1.29, 1.82) is 0 Å². The molecular formula is C28H26F8O6. The van der Waals surface area contributed by atoms with E-state index < -0.39 is 90.2 Å². The zero-order valence-electron chi connectivity index (χ0n) is 22.4. The van der Waals surface area contributed by atoms with Crippen molar-refractivity contribution in [2.45, 2.75) is 70.1 Å². The minimum Gasteiger partial charge on any atom is -0.465 e. The van der Waals surface area contributed by atoms with Crippen molar-refractivity contribution in [3.63, 3.8) is 0 Å². The molecular weight excluding hydrogens is 584 g/mol. The predicted molar refractivity (Wildman–Crippen MR) is 130 cm³/mol. The van der Waals surface area contributed by atoms with Crippen molar-refractivity contribution in [3.05, 3.63) is 76.6 Å². The van der Waals surface area contributed by atoms with Crippen molar-refractivity contribution in [3.8, 4) is 5.75 Å². The van der Waals surface area contributed by atoms with Crippen LogP contribution in [-0.4, -0.2) is 37.1 Å². The second-order valence-corrected chi connectivity index (χ2v) is 9.82. The van der Waals surface area contributed by atoms with Gasteiger partial charge in [0.2, 0.25) is 5.82 Å². The van der Waals surface area contributed by atoms with Gasteiger partial charge in [-0.15, -0.1) is 0 Å². The Morgan fingerprint density at radius 3 is 2.05 bits per heavy atom. The number of hydrogen-bond acceptors (Lipinski definition) is 6. The molecule has 1 fully saturated rings. The Kier molecular flexibility index (Phi) is 10.2. The number of rotatable bonds is 10. The summed E-state index contributed by atoms with van der Waals surface area (Å²) in [5, 5.41) is 0. The molecule has 0 bridgehead atoms. The maximum absolute atomic E-state index is 13.9. The van der Waals surface area contributed by atoms with Crippen LogP contribution < -0.4 is 4.74 Å². The van der Waals surface area contributed by atoms with Crippen molar-refractivity contribution in [2.24, 2.45) is 0 Å². The molecule has 42 heavy (non-hydrogen) atoms. The van der Waals surface area contributed by atoms with Gasteiger partial charge in [0.05, 0.1) is 6.10 Å². The summed E-state index contributed by atoms with van der Waals surface area (Å²) in [6, 6.07) is 5.69. The van der Waals surface area contributed by atoms with E-state index in [0.717, 1.165) is 0 Å². The van der Waals surface area contributed by atoms with Crippen LogP contribution in [0.4, 0.5) is 35.1 Å². The topological polar surface area (TPSA) is 71.1 Å². The van der Waals surface area contributed by atoms with Crippen LogP contribution in [0, 0.1) is 29.1 Å². The van der Waals surface area contributed by atoms with Crippen molar-refractivity contribution in [2.75, 3.05) is 6.61 Å². The summed E-state index contributed by atoms with van der Waals surface area (Å²) in [6.45, 7) is 5.57. The Bertz CT molecular complexity index is 1300. The van der Waals surface area contributed by atoms with E-state index >= 15 is 0 Å². The average Bonchev–Trinajstić information content (AvgIpc) is 2.93. The van der Waals surface area contributed by atoms with E-state index in [0.29, 0.717) is 19.3 Å². The van der Waals surface area contributed by atoms with Gasteiger partial charge >= 0.3 is 18.1 Å². The highest BCUT2D eigenvalue weighted by molar-refractivity contribution is 5.90. The molecule has 2 aromatic carbocycles. The van der Waals surface area contributed by atoms with Crippen LogP contribution in [0.3, 0.4) is 0 Å². The third kappa shape index (κ3) is 7.99. The van der Waals surface area contributed by atoms with Gasteiger partial charge in [0, 0.05) is 18.4 Å². The second kappa shape index (κ2) is 13.1. The zero-order valence-corrected chi connectivity index (χ0v) is 22.4. The minimum atomic E-state index is -4.49. The zero-order chi connectivity index (χ0) is 31.4. The summed E-state index contributed by atoms with van der Waals surface area (Å²) >= 11 is 0. The molecule has 0 aliphatic carbocycles. The van der Waals surface area contributed by atoms with Crippen LogP contribution >= 0.6 is 0 Å². The molecule has 3 unspecified atom stereocenters. The first-order valence-corrected chi connectivity index (χ1v) is 12.6. The highest BCUT2D eigenvalue weighted by Gasteiger charge is 2.38. The number of alkyl halides is 3. The van der Waals surface area contributed by atoms with Gasteiger partial charge in [-0.1, -0.05) is 18.7 Å². The third-order valence-corrected chi connectivity index (χ3v) is 6.41. The maximum atomic E-state index is 13.9. The molecule has 1 saturated heterocycles. The van der Waals surface area contributed by atoms with Gasteiger partial charge in [0.1, 0.15) is 23.5 Å². The van der Waals surface area contributed by atoms with Crippen LogP contribution in [0.2, 0.25) is 0 Å². The highest BCUT2D eigenvalue weighted by atomic mass is 19.4. The highest BCUT2D eigenvalue weighted by Crippen LogP contribution is 2.37. The van der Waals surface area contributed by atoms with Crippen LogP contribution in [-0.2, 0) is 24.6 Å². The molecule has 1 heterocycles. The Hall–Kier alpha value is -3.68. The van der Waals surface area contributed by atoms with E-state index in [1.165, 1.54) is 38.1 Å². The first-order valence-electron chi connectivity index (χ1n) is 12.6. The lowest BCUT2D eigenvalue weighted by Crippen LogP contribution is -2.35. The third-order valence-electron chi connectivity index (χ3n) is 6.41. The number of esters is 2. The molecule has 0 saturated carbocycles. The molecule has 0 radical (unpaired) electrons. The normalized spacial score (nSPS) is 18.6. The van der Waals surface area contributed by atoms with Crippen LogP contribution in [0.5, 0.6) is 5.75 Å². The molecule has 1 aliphatic rings. The molecule has 14 heteroatoms. The van der Waals surface area contributed by atoms with E-state index in [1.807, 2.05) is 0 Å². The van der Waals surface area contributed by atoms with Crippen molar-refractivity contribution in [1.82, 2.24) is 0 Å². The van der Waals surface area contributed by atoms with E-state index in [-0.39, 0.29) is 16.9 Å². The van der Waals surface area contributed by atoms with Crippen molar-refractivity contribution < 1.29 is 63.7 Å². The summed E-state index contributed by atoms with van der Waals surface area (Å²) < 4.78 is 128. The molecule has 3 rings (SSSR count). The Balaban J connectivity index is 1.64. The van der Waals surface area contributed by atoms with Gasteiger partial charge in [0.15, 0.2) is 29.6 Å². The molecule has 2 aromatic rings. The minimum absolute atomic E-state index is 0.00938. The Morgan fingerprint density at radius 1 is 0.929 bits per heavy atom. The molecule has 1 aliphatic heterocycles. The van der Waals surface area contributed by atoms with Crippen LogP contribution in [0.15, 0.2) is 36.4 Å². The number of carbonyl (C=O) groups is 2. The summed E-state index contributed by atoms with van der Waals surface area (Å²) in [5.74, 6) is -14.0. The van der Waals surface area contributed by atoms with Gasteiger partial charge in [-0.25, -0.2) is 31.5 Å². The summed E-state index contributed by atoms with van der Waals surface area (Å²) in [6.07, 6.45) is -6.83. The van der Waals surface area contributed by atoms with Crippen LogP contribution in [0.25, 0.3) is 0 Å². The van der Waals surface area contributed by atoms with Gasteiger partial charge in [-0.05, 0) is 50.8 Å². The first-order chi connectivity index (χ1) is 19.5.